The average Bonchev–Trinajstić information content (AvgIpc) is 2.84. The van der Waals surface area contributed by atoms with E-state index < -0.39 is 17.1 Å². The van der Waals surface area contributed by atoms with E-state index in [9.17, 15) is 14.7 Å². The van der Waals surface area contributed by atoms with Crippen LogP contribution in [0.3, 0.4) is 0 Å². The van der Waals surface area contributed by atoms with Crippen LogP contribution in [-0.4, -0.2) is 40.2 Å². The number of carbonyl (C=O) groups is 2. The number of phenolic OH excluding ortho intramolecular Hbond substituents is 1. The number of nitrogens with one attached hydrogen (secondary N) is 1. The molecule has 1 aromatic rings. The molecule has 22 heavy (non-hydrogen) atoms. The Morgan fingerprint density at radius 2 is 2.36 bits per heavy atom. The smallest absolute Gasteiger partial charge is 0.329 e. The molecular weight excluding hydrogens is 374 g/mol. The minimum atomic E-state index is -0.965. The highest BCUT2D eigenvalue weighted by molar-refractivity contribution is 9.10. The van der Waals surface area contributed by atoms with Crippen LogP contribution in [0.1, 0.15) is 12.5 Å². The van der Waals surface area contributed by atoms with E-state index in [0.29, 0.717) is 5.56 Å². The maximum absolute atomic E-state index is 11.6. The largest absolute Gasteiger partial charge is 0.507 e. The third-order valence-corrected chi connectivity index (χ3v) is 4.08. The molecule has 7 nitrogen and oxygen atoms in total. The van der Waals surface area contributed by atoms with Gasteiger partial charge in [-0.05, 0) is 25.1 Å². The molecule has 1 fully saturated rings. The molecule has 0 unspecified atom stereocenters. The van der Waals surface area contributed by atoms with Crippen molar-refractivity contribution in [3.05, 3.63) is 28.2 Å². The predicted molar refractivity (Wildman–Crippen MR) is 87.0 cm³/mol. The second-order valence-corrected chi connectivity index (χ2v) is 6.10. The molecule has 0 radical (unpaired) electrons. The maximum Gasteiger partial charge on any atom is 0.329 e. The summed E-state index contributed by atoms with van der Waals surface area (Å²) < 4.78 is 5.58. The Balaban J connectivity index is 2.05. The first kappa shape index (κ1) is 16.5. The number of carbonyl (C=O) groups excluding carboxylic acids is 2. The molecule has 2 N–H and O–H groups in total. The van der Waals surface area contributed by atoms with Crippen molar-refractivity contribution in [1.82, 2.24) is 5.32 Å². The van der Waals surface area contributed by atoms with E-state index in [1.165, 1.54) is 12.3 Å². The molecule has 1 amide bonds. The van der Waals surface area contributed by atoms with Crippen molar-refractivity contribution in [3.8, 4) is 5.75 Å². The standard InChI is InChI=1S/C13H12BrN3O4S/c1-2-21-12(20)10-11(19)16-13(22-10)17-15-6-7-5-8(14)3-4-9(7)18/h3-6,10,18H,2H2,1H3,(H,16,17,19)/b15-6-/t10-/m0/s1. The summed E-state index contributed by atoms with van der Waals surface area (Å²) in [4.78, 5) is 23.2. The van der Waals surface area contributed by atoms with E-state index in [-0.39, 0.29) is 17.5 Å². The molecule has 0 aliphatic carbocycles. The molecule has 9 heteroatoms. The van der Waals surface area contributed by atoms with Crippen molar-refractivity contribution >= 4 is 51.0 Å². The van der Waals surface area contributed by atoms with E-state index in [0.717, 1.165) is 16.2 Å². The Kier molecular flexibility index (Phi) is 5.56. The number of phenols is 1. The summed E-state index contributed by atoms with van der Waals surface area (Å²) in [5, 5.41) is 18.9. The number of halogens is 1. The maximum atomic E-state index is 11.6. The van der Waals surface area contributed by atoms with Crippen LogP contribution in [0.2, 0.25) is 0 Å². The number of rotatable bonds is 4. The number of amidine groups is 1. The topological polar surface area (TPSA) is 100 Å². The van der Waals surface area contributed by atoms with Crippen molar-refractivity contribution in [2.24, 2.45) is 10.2 Å². The van der Waals surface area contributed by atoms with Gasteiger partial charge in [-0.1, -0.05) is 27.7 Å². The summed E-state index contributed by atoms with van der Waals surface area (Å²) in [6, 6.07) is 4.87. The van der Waals surface area contributed by atoms with Gasteiger partial charge < -0.3 is 15.2 Å². The number of amides is 1. The van der Waals surface area contributed by atoms with Crippen LogP contribution in [0.5, 0.6) is 5.75 Å². The normalized spacial score (nSPS) is 19.6. The zero-order valence-electron chi connectivity index (χ0n) is 11.4. The van der Waals surface area contributed by atoms with Crippen LogP contribution in [0, 0.1) is 0 Å². The van der Waals surface area contributed by atoms with Crippen molar-refractivity contribution in [1.29, 1.82) is 0 Å². The van der Waals surface area contributed by atoms with E-state index in [4.69, 9.17) is 4.74 Å². The van der Waals surface area contributed by atoms with Crippen LogP contribution in [0.15, 0.2) is 32.9 Å². The van der Waals surface area contributed by atoms with E-state index >= 15 is 0 Å². The number of esters is 1. The second-order valence-electron chi connectivity index (χ2n) is 4.09. The summed E-state index contributed by atoms with van der Waals surface area (Å²) in [6.45, 7) is 1.87. The van der Waals surface area contributed by atoms with Crippen LogP contribution in [0.4, 0.5) is 0 Å². The average molecular weight is 386 g/mol. The number of hydrogen-bond donors (Lipinski definition) is 2. The number of ether oxygens (including phenoxy) is 1. The fraction of sp³-hybridized carbons (Fsp3) is 0.231. The Morgan fingerprint density at radius 1 is 1.59 bits per heavy atom. The van der Waals surface area contributed by atoms with E-state index in [1.807, 2.05) is 0 Å². The van der Waals surface area contributed by atoms with Crippen LogP contribution in [-0.2, 0) is 14.3 Å². The van der Waals surface area contributed by atoms with Gasteiger partial charge in [0.25, 0.3) is 5.91 Å². The first-order chi connectivity index (χ1) is 10.5. The van der Waals surface area contributed by atoms with Crippen molar-refractivity contribution < 1.29 is 19.4 Å². The zero-order chi connectivity index (χ0) is 16.1. The predicted octanol–water partition coefficient (Wildman–Crippen LogP) is 1.64. The van der Waals surface area contributed by atoms with Gasteiger partial charge in [-0.15, -0.1) is 5.10 Å². The van der Waals surface area contributed by atoms with Gasteiger partial charge in [-0.3, -0.25) is 9.59 Å². The molecule has 0 aromatic heterocycles. The van der Waals surface area contributed by atoms with Crippen molar-refractivity contribution in [3.63, 3.8) is 0 Å². The Bertz CT molecular complexity index is 663. The highest BCUT2D eigenvalue weighted by Crippen LogP contribution is 2.22. The molecule has 116 valence electrons. The number of nitrogens with zero attached hydrogens (tertiary/aromatic N) is 2. The van der Waals surface area contributed by atoms with E-state index in [2.05, 4.69) is 31.4 Å². The third-order valence-electron chi connectivity index (χ3n) is 2.53. The molecule has 0 spiro atoms. The molecule has 0 saturated carbocycles. The molecule has 0 bridgehead atoms. The molecule has 1 heterocycles. The summed E-state index contributed by atoms with van der Waals surface area (Å²) in [5.74, 6) is -1.04. The number of benzene rings is 1. The SMILES string of the molecule is CCOC(=O)[C@H]1S/C(=N\N=C/c2cc(Br)ccc2O)NC1=O. The van der Waals surface area contributed by atoms with Gasteiger partial charge in [-0.25, -0.2) is 0 Å². The van der Waals surface area contributed by atoms with Gasteiger partial charge in [-0.2, -0.15) is 5.10 Å². The fourth-order valence-corrected chi connectivity index (χ4v) is 2.75. The minimum absolute atomic E-state index is 0.0552. The van der Waals surface area contributed by atoms with Crippen LogP contribution in [0.25, 0.3) is 0 Å². The molecule has 2 rings (SSSR count). The second kappa shape index (κ2) is 7.41. The first-order valence-electron chi connectivity index (χ1n) is 6.25. The minimum Gasteiger partial charge on any atom is -0.507 e. The lowest BCUT2D eigenvalue weighted by Crippen LogP contribution is -2.31. The molecule has 1 aromatic carbocycles. The third kappa shape index (κ3) is 4.08. The van der Waals surface area contributed by atoms with Gasteiger partial charge in [0.05, 0.1) is 12.8 Å². The Morgan fingerprint density at radius 3 is 3.09 bits per heavy atom. The fourth-order valence-electron chi connectivity index (χ4n) is 1.56. The lowest BCUT2D eigenvalue weighted by atomic mass is 10.2. The summed E-state index contributed by atoms with van der Waals surface area (Å²) in [7, 11) is 0. The number of hydrogen-bond acceptors (Lipinski definition) is 7. The van der Waals surface area contributed by atoms with Gasteiger partial charge >= 0.3 is 5.97 Å². The van der Waals surface area contributed by atoms with Gasteiger partial charge in [0, 0.05) is 10.0 Å². The summed E-state index contributed by atoms with van der Waals surface area (Å²) >= 11 is 4.22. The van der Waals surface area contributed by atoms with Crippen LogP contribution >= 0.6 is 27.7 Å². The van der Waals surface area contributed by atoms with Crippen molar-refractivity contribution in [2.75, 3.05) is 6.61 Å². The molecule has 1 atom stereocenters. The molecule has 1 aliphatic rings. The van der Waals surface area contributed by atoms with Gasteiger partial charge in [0.1, 0.15) is 5.75 Å². The van der Waals surface area contributed by atoms with Crippen LogP contribution < -0.4 is 5.32 Å². The molecular formula is C13H12BrN3O4S. The van der Waals surface area contributed by atoms with Crippen molar-refractivity contribution in [2.45, 2.75) is 12.2 Å². The quantitative estimate of drug-likeness (QED) is 0.355. The Labute approximate surface area is 139 Å². The lowest BCUT2D eigenvalue weighted by Gasteiger charge is -2.03. The lowest BCUT2D eigenvalue weighted by molar-refractivity contribution is -0.144. The number of aromatic hydroxyl groups is 1. The summed E-state index contributed by atoms with van der Waals surface area (Å²) in [5.41, 5.74) is 0.468. The Hall–Kier alpha value is -1.87. The molecule has 1 aliphatic heterocycles. The van der Waals surface area contributed by atoms with E-state index in [1.54, 1.807) is 19.1 Å². The van der Waals surface area contributed by atoms with Gasteiger partial charge in [0.15, 0.2) is 10.4 Å². The summed E-state index contributed by atoms with van der Waals surface area (Å²) in [6.07, 6.45) is 1.34. The highest BCUT2D eigenvalue weighted by Gasteiger charge is 2.37. The first-order valence-corrected chi connectivity index (χ1v) is 7.92. The number of thioether (sulfide) groups is 1. The highest BCUT2D eigenvalue weighted by atomic mass is 79.9. The molecule has 1 saturated heterocycles. The van der Waals surface area contributed by atoms with Gasteiger partial charge in [0.2, 0.25) is 0 Å². The monoisotopic (exact) mass is 385 g/mol. The zero-order valence-corrected chi connectivity index (χ0v) is 13.8.